The second kappa shape index (κ2) is 5.68. The van der Waals surface area contributed by atoms with Gasteiger partial charge in [-0.3, -0.25) is 0 Å². The lowest BCUT2D eigenvalue weighted by molar-refractivity contribution is 0.602. The van der Waals surface area contributed by atoms with Gasteiger partial charge in [-0.2, -0.15) is 0 Å². The van der Waals surface area contributed by atoms with Gasteiger partial charge in [0, 0.05) is 35.7 Å². The third-order valence-electron chi connectivity index (χ3n) is 2.38. The number of hydrogen-bond donors (Lipinski definition) is 1. The van der Waals surface area contributed by atoms with Crippen molar-refractivity contribution >= 4 is 21.6 Å². The Balaban J connectivity index is 2.15. The molecular weight excluding hydrogens is 282 g/mol. The fraction of sp³-hybridized carbons (Fsp3) is 0.167. The molecular formula is C12H13N3O2S2. The summed E-state index contributed by atoms with van der Waals surface area (Å²) in [5.41, 5.74) is 6.34. The molecule has 19 heavy (non-hydrogen) atoms. The molecule has 1 aromatic heterocycles. The second-order valence-electron chi connectivity index (χ2n) is 3.92. The highest BCUT2D eigenvalue weighted by molar-refractivity contribution is 7.99. The van der Waals surface area contributed by atoms with E-state index in [0.29, 0.717) is 16.6 Å². The lowest BCUT2D eigenvalue weighted by atomic mass is 10.4. The smallest absolute Gasteiger partial charge is 0.192 e. The Morgan fingerprint density at radius 3 is 2.21 bits per heavy atom. The fourth-order valence-electron chi connectivity index (χ4n) is 1.36. The maximum atomic E-state index is 11.3. The van der Waals surface area contributed by atoms with Gasteiger partial charge >= 0.3 is 0 Å². The van der Waals surface area contributed by atoms with Crippen LogP contribution < -0.4 is 5.73 Å². The average Bonchev–Trinajstić information content (AvgIpc) is 2.39. The minimum atomic E-state index is -3.16. The molecule has 2 aromatic rings. The molecule has 2 N–H and O–H groups in total. The Morgan fingerprint density at radius 2 is 1.74 bits per heavy atom. The van der Waals surface area contributed by atoms with Crippen LogP contribution in [-0.4, -0.2) is 24.6 Å². The largest absolute Gasteiger partial charge is 0.326 e. The van der Waals surface area contributed by atoms with Crippen LogP contribution in [0, 0.1) is 0 Å². The molecule has 7 heteroatoms. The van der Waals surface area contributed by atoms with E-state index in [0.717, 1.165) is 10.5 Å². The van der Waals surface area contributed by atoms with Crippen molar-refractivity contribution in [3.05, 3.63) is 42.2 Å². The van der Waals surface area contributed by atoms with Crippen molar-refractivity contribution in [2.45, 2.75) is 21.5 Å². The van der Waals surface area contributed by atoms with Gasteiger partial charge in [-0.15, -0.1) is 0 Å². The van der Waals surface area contributed by atoms with E-state index in [9.17, 15) is 8.42 Å². The van der Waals surface area contributed by atoms with Crippen LogP contribution in [0.5, 0.6) is 0 Å². The predicted molar refractivity (Wildman–Crippen MR) is 73.6 cm³/mol. The summed E-state index contributed by atoms with van der Waals surface area (Å²) < 4.78 is 22.7. The number of nitrogens with two attached hydrogens (primary N) is 1. The minimum absolute atomic E-state index is 0.302. The molecule has 5 nitrogen and oxygen atoms in total. The molecule has 0 aliphatic heterocycles. The van der Waals surface area contributed by atoms with Gasteiger partial charge in [-0.25, -0.2) is 18.4 Å². The molecule has 1 heterocycles. The zero-order valence-corrected chi connectivity index (χ0v) is 11.9. The van der Waals surface area contributed by atoms with Gasteiger partial charge in [-0.05, 0) is 36.0 Å². The van der Waals surface area contributed by atoms with Crippen LogP contribution in [0.2, 0.25) is 0 Å². The highest BCUT2D eigenvalue weighted by Gasteiger charge is 2.07. The number of benzene rings is 1. The number of nitrogens with zero attached hydrogens (tertiary/aromatic N) is 2. The first-order valence-corrected chi connectivity index (χ1v) is 8.19. The first-order valence-electron chi connectivity index (χ1n) is 5.48. The van der Waals surface area contributed by atoms with Gasteiger partial charge in [0.2, 0.25) is 0 Å². The van der Waals surface area contributed by atoms with Gasteiger partial charge in [-0.1, -0.05) is 0 Å². The number of hydrogen-bond acceptors (Lipinski definition) is 6. The molecule has 0 aliphatic rings. The SMILES string of the molecule is CS(=O)(=O)c1ccc(Sc2ncc(CN)cn2)cc1. The van der Waals surface area contributed by atoms with Crippen LogP contribution in [0.3, 0.4) is 0 Å². The summed E-state index contributed by atoms with van der Waals surface area (Å²) in [5, 5.41) is 0.601. The standard InChI is InChI=1S/C12H13N3O2S2/c1-19(16,17)11-4-2-10(3-5-11)18-12-14-7-9(6-13)8-15-12/h2-5,7-8H,6,13H2,1H3. The van der Waals surface area contributed by atoms with Crippen LogP contribution in [-0.2, 0) is 16.4 Å². The lowest BCUT2D eigenvalue weighted by Gasteiger charge is -2.02. The van der Waals surface area contributed by atoms with E-state index in [1.54, 1.807) is 36.7 Å². The topological polar surface area (TPSA) is 85.9 Å². The van der Waals surface area contributed by atoms with E-state index in [1.807, 2.05) is 0 Å². The van der Waals surface area contributed by atoms with Gasteiger partial charge in [0.05, 0.1) is 4.90 Å². The van der Waals surface area contributed by atoms with E-state index >= 15 is 0 Å². The van der Waals surface area contributed by atoms with Gasteiger partial charge in [0.25, 0.3) is 0 Å². The lowest BCUT2D eigenvalue weighted by Crippen LogP contribution is -1.98. The van der Waals surface area contributed by atoms with E-state index < -0.39 is 9.84 Å². The van der Waals surface area contributed by atoms with E-state index in [4.69, 9.17) is 5.73 Å². The Kier molecular flexibility index (Phi) is 4.18. The van der Waals surface area contributed by atoms with Crippen molar-refractivity contribution in [2.24, 2.45) is 5.73 Å². The van der Waals surface area contributed by atoms with Crippen molar-refractivity contribution in [1.29, 1.82) is 0 Å². The zero-order valence-electron chi connectivity index (χ0n) is 10.3. The van der Waals surface area contributed by atoms with Crippen molar-refractivity contribution in [3.63, 3.8) is 0 Å². The maximum Gasteiger partial charge on any atom is 0.192 e. The van der Waals surface area contributed by atoms with E-state index in [-0.39, 0.29) is 0 Å². The zero-order chi connectivity index (χ0) is 13.9. The summed E-state index contributed by atoms with van der Waals surface area (Å²) in [5.74, 6) is 0. The van der Waals surface area contributed by atoms with E-state index in [2.05, 4.69) is 9.97 Å². The van der Waals surface area contributed by atoms with Crippen molar-refractivity contribution in [2.75, 3.05) is 6.26 Å². The Labute approximate surface area is 116 Å². The normalized spacial score (nSPS) is 11.5. The molecule has 0 saturated heterocycles. The molecule has 0 bridgehead atoms. The molecule has 0 aliphatic carbocycles. The summed E-state index contributed by atoms with van der Waals surface area (Å²) in [6.45, 7) is 0.411. The van der Waals surface area contributed by atoms with Crippen LogP contribution in [0.1, 0.15) is 5.56 Å². The first-order chi connectivity index (χ1) is 8.99. The average molecular weight is 295 g/mol. The van der Waals surface area contributed by atoms with Crippen molar-refractivity contribution in [3.8, 4) is 0 Å². The summed E-state index contributed by atoms with van der Waals surface area (Å²) >= 11 is 1.37. The summed E-state index contributed by atoms with van der Waals surface area (Å²) in [7, 11) is -3.16. The first kappa shape index (κ1) is 14.0. The van der Waals surface area contributed by atoms with Crippen LogP contribution >= 0.6 is 11.8 Å². The number of sulfone groups is 1. The number of rotatable bonds is 4. The summed E-state index contributed by atoms with van der Waals surface area (Å²) in [4.78, 5) is 9.52. The molecule has 0 saturated carbocycles. The molecule has 0 radical (unpaired) electrons. The highest BCUT2D eigenvalue weighted by atomic mass is 32.2. The van der Waals surface area contributed by atoms with Gasteiger partial charge in [0.15, 0.2) is 15.0 Å². The molecule has 100 valence electrons. The molecule has 1 aromatic carbocycles. The minimum Gasteiger partial charge on any atom is -0.326 e. The van der Waals surface area contributed by atoms with Crippen molar-refractivity contribution < 1.29 is 8.42 Å². The molecule has 0 fully saturated rings. The monoisotopic (exact) mass is 295 g/mol. The predicted octanol–water partition coefficient (Wildman–Crippen LogP) is 1.49. The quantitative estimate of drug-likeness (QED) is 0.860. The Hall–Kier alpha value is -1.44. The second-order valence-corrected chi connectivity index (χ2v) is 6.98. The number of aromatic nitrogens is 2. The fourth-order valence-corrected chi connectivity index (χ4v) is 2.69. The van der Waals surface area contributed by atoms with Crippen LogP contribution in [0.4, 0.5) is 0 Å². The van der Waals surface area contributed by atoms with Crippen molar-refractivity contribution in [1.82, 2.24) is 9.97 Å². The highest BCUT2D eigenvalue weighted by Crippen LogP contribution is 2.25. The van der Waals surface area contributed by atoms with E-state index in [1.165, 1.54) is 18.0 Å². The molecule has 0 spiro atoms. The third kappa shape index (κ3) is 3.76. The van der Waals surface area contributed by atoms with Crippen LogP contribution in [0.15, 0.2) is 51.6 Å². The van der Waals surface area contributed by atoms with Gasteiger partial charge in [0.1, 0.15) is 0 Å². The van der Waals surface area contributed by atoms with Gasteiger partial charge < -0.3 is 5.73 Å². The maximum absolute atomic E-state index is 11.3. The molecule has 0 amide bonds. The molecule has 0 atom stereocenters. The molecule has 0 unspecified atom stereocenters. The summed E-state index contributed by atoms with van der Waals surface area (Å²) in [6.07, 6.45) is 4.55. The summed E-state index contributed by atoms with van der Waals surface area (Å²) in [6, 6.07) is 6.63. The Bertz CT molecular complexity index is 652. The third-order valence-corrected chi connectivity index (χ3v) is 4.41. The Morgan fingerprint density at radius 1 is 1.16 bits per heavy atom. The molecule has 2 rings (SSSR count). The van der Waals surface area contributed by atoms with Crippen LogP contribution in [0.25, 0.3) is 0 Å².